The third-order valence-corrected chi connectivity index (χ3v) is 3.64. The Labute approximate surface area is 112 Å². The summed E-state index contributed by atoms with van der Waals surface area (Å²) < 4.78 is 0. The molecule has 2 rings (SSSR count). The van der Waals surface area contributed by atoms with E-state index in [-0.39, 0.29) is 11.5 Å². The van der Waals surface area contributed by atoms with Crippen LogP contribution < -0.4 is 5.32 Å². The summed E-state index contributed by atoms with van der Waals surface area (Å²) in [6, 6.07) is 6.77. The first-order valence-electron chi connectivity index (χ1n) is 6.74. The Hall–Kier alpha value is -1.84. The zero-order valence-corrected chi connectivity index (χ0v) is 10.9. The molecule has 4 nitrogen and oxygen atoms in total. The highest BCUT2D eigenvalue weighted by molar-refractivity contribution is 5.87. The van der Waals surface area contributed by atoms with E-state index in [9.17, 15) is 9.59 Å². The summed E-state index contributed by atoms with van der Waals surface area (Å²) in [7, 11) is 0. The van der Waals surface area contributed by atoms with Gasteiger partial charge in [-0.2, -0.15) is 0 Å². The largest absolute Gasteiger partial charge is 0.478 e. The fraction of sp³-hybridized carbons (Fsp3) is 0.467. The lowest BCUT2D eigenvalue weighted by atomic mass is 9.83. The highest BCUT2D eigenvalue weighted by atomic mass is 16.4. The predicted molar refractivity (Wildman–Crippen MR) is 72.1 cm³/mol. The number of amides is 1. The Balaban J connectivity index is 1.69. The number of carboxylic acid groups (broad SMARTS) is 1. The van der Waals surface area contributed by atoms with Gasteiger partial charge in [0.05, 0.1) is 5.56 Å². The van der Waals surface area contributed by atoms with Gasteiger partial charge in [-0.1, -0.05) is 18.6 Å². The van der Waals surface area contributed by atoms with Crippen molar-refractivity contribution in [3.8, 4) is 0 Å². The number of hydrogen-bond acceptors (Lipinski definition) is 2. The zero-order chi connectivity index (χ0) is 13.7. The highest BCUT2D eigenvalue weighted by Gasteiger charge is 2.20. The normalized spacial score (nSPS) is 14.7. The van der Waals surface area contributed by atoms with Crippen LogP contribution in [0.1, 0.15) is 41.6 Å². The number of carbonyl (C=O) groups is 2. The summed E-state index contributed by atoms with van der Waals surface area (Å²) >= 11 is 0. The number of benzene rings is 1. The molecule has 4 heteroatoms. The minimum atomic E-state index is -0.916. The molecule has 2 N–H and O–H groups in total. The van der Waals surface area contributed by atoms with Crippen LogP contribution in [0.3, 0.4) is 0 Å². The first-order valence-corrected chi connectivity index (χ1v) is 6.74. The SMILES string of the molecule is O=C(CC1CCC1)NCCc1ccc(C(=O)O)cc1. The van der Waals surface area contributed by atoms with Crippen LogP contribution in [-0.4, -0.2) is 23.5 Å². The third-order valence-electron chi connectivity index (χ3n) is 3.64. The summed E-state index contributed by atoms with van der Waals surface area (Å²) in [5.41, 5.74) is 1.33. The van der Waals surface area contributed by atoms with Crippen molar-refractivity contribution in [1.82, 2.24) is 5.32 Å². The molecule has 0 aliphatic heterocycles. The van der Waals surface area contributed by atoms with Crippen LogP contribution in [0.2, 0.25) is 0 Å². The Morgan fingerprint density at radius 2 is 1.89 bits per heavy atom. The van der Waals surface area contributed by atoms with Gasteiger partial charge in [0.25, 0.3) is 0 Å². The minimum Gasteiger partial charge on any atom is -0.478 e. The summed E-state index contributed by atoms with van der Waals surface area (Å²) in [4.78, 5) is 22.3. The molecule has 0 spiro atoms. The molecule has 1 aliphatic carbocycles. The van der Waals surface area contributed by atoms with E-state index >= 15 is 0 Å². The maximum absolute atomic E-state index is 11.6. The van der Waals surface area contributed by atoms with Gasteiger partial charge in [-0.25, -0.2) is 4.79 Å². The van der Waals surface area contributed by atoms with Gasteiger partial charge in [0.2, 0.25) is 5.91 Å². The van der Waals surface area contributed by atoms with Gasteiger partial charge in [-0.15, -0.1) is 0 Å². The van der Waals surface area contributed by atoms with Gasteiger partial charge in [0.1, 0.15) is 0 Å². The molecule has 0 saturated heterocycles. The molecule has 0 atom stereocenters. The second-order valence-electron chi connectivity index (χ2n) is 5.10. The number of hydrogen-bond donors (Lipinski definition) is 2. The monoisotopic (exact) mass is 261 g/mol. The Bertz CT molecular complexity index is 449. The van der Waals surface area contributed by atoms with Gasteiger partial charge < -0.3 is 10.4 Å². The lowest BCUT2D eigenvalue weighted by molar-refractivity contribution is -0.122. The smallest absolute Gasteiger partial charge is 0.335 e. The van der Waals surface area contributed by atoms with Crippen molar-refractivity contribution >= 4 is 11.9 Å². The van der Waals surface area contributed by atoms with Crippen molar-refractivity contribution in [3.05, 3.63) is 35.4 Å². The van der Waals surface area contributed by atoms with E-state index in [2.05, 4.69) is 5.32 Å². The Morgan fingerprint density at radius 1 is 1.21 bits per heavy atom. The first kappa shape index (κ1) is 13.6. The van der Waals surface area contributed by atoms with Crippen LogP contribution >= 0.6 is 0 Å². The maximum Gasteiger partial charge on any atom is 0.335 e. The van der Waals surface area contributed by atoms with Crippen molar-refractivity contribution in [1.29, 1.82) is 0 Å². The molecule has 1 aliphatic rings. The number of carbonyl (C=O) groups excluding carboxylic acids is 1. The van der Waals surface area contributed by atoms with Crippen molar-refractivity contribution < 1.29 is 14.7 Å². The van der Waals surface area contributed by atoms with Gasteiger partial charge in [0, 0.05) is 13.0 Å². The van der Waals surface area contributed by atoms with Crippen LogP contribution in [0.4, 0.5) is 0 Å². The predicted octanol–water partition coefficient (Wildman–Crippen LogP) is 2.23. The molecule has 1 amide bonds. The van der Waals surface area contributed by atoms with E-state index in [1.54, 1.807) is 24.3 Å². The summed E-state index contributed by atoms with van der Waals surface area (Å²) in [6.07, 6.45) is 5.01. The molecule has 1 saturated carbocycles. The van der Waals surface area contributed by atoms with E-state index in [1.807, 2.05) is 0 Å². The summed E-state index contributed by atoms with van der Waals surface area (Å²) in [5, 5.41) is 11.7. The van der Waals surface area contributed by atoms with Crippen molar-refractivity contribution in [3.63, 3.8) is 0 Å². The van der Waals surface area contributed by atoms with Crippen LogP contribution in [0.25, 0.3) is 0 Å². The summed E-state index contributed by atoms with van der Waals surface area (Å²) in [6.45, 7) is 0.609. The number of carboxylic acids is 1. The van der Waals surface area contributed by atoms with Gasteiger partial charge in [-0.05, 0) is 42.9 Å². The maximum atomic E-state index is 11.6. The molecule has 1 fully saturated rings. The van der Waals surface area contributed by atoms with Crippen molar-refractivity contribution in [2.75, 3.05) is 6.54 Å². The third kappa shape index (κ3) is 4.09. The fourth-order valence-corrected chi connectivity index (χ4v) is 2.19. The Morgan fingerprint density at radius 3 is 2.42 bits per heavy atom. The molecule has 1 aromatic rings. The van der Waals surface area contributed by atoms with Crippen LogP contribution in [0.5, 0.6) is 0 Å². The molecule has 0 bridgehead atoms. The van der Waals surface area contributed by atoms with E-state index in [1.165, 1.54) is 19.3 Å². The Kier molecular flexibility index (Phi) is 4.55. The van der Waals surface area contributed by atoms with E-state index in [0.29, 0.717) is 18.9 Å². The highest BCUT2D eigenvalue weighted by Crippen LogP contribution is 2.28. The van der Waals surface area contributed by atoms with Gasteiger partial charge >= 0.3 is 5.97 Å². The van der Waals surface area contributed by atoms with Gasteiger partial charge in [-0.3, -0.25) is 4.79 Å². The number of rotatable bonds is 6. The zero-order valence-electron chi connectivity index (χ0n) is 10.9. The second-order valence-corrected chi connectivity index (χ2v) is 5.10. The lowest BCUT2D eigenvalue weighted by Gasteiger charge is -2.24. The second kappa shape index (κ2) is 6.36. The number of nitrogens with one attached hydrogen (secondary N) is 1. The van der Waals surface area contributed by atoms with Crippen molar-refractivity contribution in [2.24, 2.45) is 5.92 Å². The molecular weight excluding hydrogens is 242 g/mol. The lowest BCUT2D eigenvalue weighted by Crippen LogP contribution is -2.29. The van der Waals surface area contributed by atoms with Crippen molar-refractivity contribution in [2.45, 2.75) is 32.1 Å². The average Bonchev–Trinajstić information content (AvgIpc) is 2.34. The molecule has 19 heavy (non-hydrogen) atoms. The molecular formula is C15H19NO3. The van der Waals surface area contributed by atoms with E-state index in [0.717, 1.165) is 12.0 Å². The quantitative estimate of drug-likeness (QED) is 0.825. The standard InChI is InChI=1S/C15H19NO3/c17-14(10-12-2-1-3-12)16-9-8-11-4-6-13(7-5-11)15(18)19/h4-7,12H,1-3,8-10H2,(H,16,17)(H,18,19). The molecule has 1 aromatic carbocycles. The first-order chi connectivity index (χ1) is 9.15. The molecule has 0 radical (unpaired) electrons. The molecule has 102 valence electrons. The van der Waals surface area contributed by atoms with Crippen LogP contribution in [0.15, 0.2) is 24.3 Å². The molecule has 0 heterocycles. The average molecular weight is 261 g/mol. The van der Waals surface area contributed by atoms with E-state index < -0.39 is 5.97 Å². The van der Waals surface area contributed by atoms with Crippen LogP contribution in [0, 0.1) is 5.92 Å². The minimum absolute atomic E-state index is 0.131. The fourth-order valence-electron chi connectivity index (χ4n) is 2.19. The number of aromatic carboxylic acids is 1. The van der Waals surface area contributed by atoms with Gasteiger partial charge in [0.15, 0.2) is 0 Å². The summed E-state index contributed by atoms with van der Waals surface area (Å²) in [5.74, 6) is -0.193. The van der Waals surface area contributed by atoms with Crippen LogP contribution in [-0.2, 0) is 11.2 Å². The topological polar surface area (TPSA) is 66.4 Å². The molecule has 0 unspecified atom stereocenters. The van der Waals surface area contributed by atoms with E-state index in [4.69, 9.17) is 5.11 Å². The molecule has 0 aromatic heterocycles.